The van der Waals surface area contributed by atoms with Crippen molar-refractivity contribution >= 4 is 5.69 Å². The number of para-hydroxylation sites is 1. The van der Waals surface area contributed by atoms with Crippen LogP contribution in [0.4, 0.5) is 5.69 Å². The highest BCUT2D eigenvalue weighted by molar-refractivity contribution is 5.68. The summed E-state index contributed by atoms with van der Waals surface area (Å²) in [6.45, 7) is -0.147. The van der Waals surface area contributed by atoms with Crippen molar-refractivity contribution in [3.63, 3.8) is 0 Å². The zero-order valence-corrected chi connectivity index (χ0v) is 18.8. The molecule has 4 heterocycles. The molecular weight excluding hydrogens is 462 g/mol. The van der Waals surface area contributed by atoms with Gasteiger partial charge in [-0.25, -0.2) is 14.0 Å². The van der Waals surface area contributed by atoms with E-state index in [0.717, 1.165) is 10.3 Å². The lowest BCUT2D eigenvalue weighted by atomic mass is 10.1. The van der Waals surface area contributed by atoms with Gasteiger partial charge < -0.3 is 0 Å². The molecule has 11 heteroatoms. The van der Waals surface area contributed by atoms with Crippen LogP contribution in [0, 0.1) is 10.1 Å². The molecule has 5 rings (SSSR count). The molecule has 4 aromatic heterocycles. The number of benzene rings is 1. The Kier molecular flexibility index (Phi) is 6.02. The number of hydrogen-bond acceptors (Lipinski definition) is 7. The third-order valence-corrected chi connectivity index (χ3v) is 5.64. The number of nitrogens with zero attached hydrogens (tertiary/aromatic N) is 7. The fourth-order valence-corrected chi connectivity index (χ4v) is 3.94. The molecule has 0 saturated heterocycles. The summed E-state index contributed by atoms with van der Waals surface area (Å²) in [5, 5.41) is 16.6. The lowest BCUT2D eigenvalue weighted by Gasteiger charge is -2.15. The van der Waals surface area contributed by atoms with Gasteiger partial charge in [0.1, 0.15) is 5.69 Å². The third-order valence-electron chi connectivity index (χ3n) is 5.64. The van der Waals surface area contributed by atoms with Crippen molar-refractivity contribution in [3.05, 3.63) is 134 Å². The first-order valence-electron chi connectivity index (χ1n) is 10.9. The summed E-state index contributed by atoms with van der Waals surface area (Å²) in [7, 11) is 0. The van der Waals surface area contributed by atoms with Crippen LogP contribution in [0.2, 0.25) is 0 Å². The van der Waals surface area contributed by atoms with Crippen molar-refractivity contribution in [3.8, 4) is 16.9 Å². The molecule has 11 nitrogen and oxygen atoms in total. The summed E-state index contributed by atoms with van der Waals surface area (Å²) in [6.07, 6.45) is 9.15. The van der Waals surface area contributed by atoms with Crippen LogP contribution in [0.15, 0.2) is 101 Å². The van der Waals surface area contributed by atoms with E-state index in [2.05, 4.69) is 15.1 Å². The van der Waals surface area contributed by atoms with Crippen LogP contribution < -0.4 is 11.2 Å². The second kappa shape index (κ2) is 9.58. The van der Waals surface area contributed by atoms with E-state index >= 15 is 0 Å². The molecular formula is C25H19N7O4. The van der Waals surface area contributed by atoms with Gasteiger partial charge in [0, 0.05) is 36.5 Å². The Morgan fingerprint density at radius 1 is 0.806 bits per heavy atom. The highest BCUT2D eigenvalue weighted by atomic mass is 16.6. The van der Waals surface area contributed by atoms with E-state index in [1.807, 2.05) is 30.3 Å². The molecule has 0 radical (unpaired) electrons. The monoisotopic (exact) mass is 481 g/mol. The topological polar surface area (TPSA) is 131 Å². The summed E-state index contributed by atoms with van der Waals surface area (Å²) in [6, 6.07) is 15.8. The van der Waals surface area contributed by atoms with Crippen LogP contribution in [0.1, 0.15) is 11.1 Å². The second-order valence-electron chi connectivity index (χ2n) is 7.93. The molecule has 0 unspecified atom stereocenters. The van der Waals surface area contributed by atoms with Gasteiger partial charge in [0.25, 0.3) is 0 Å². The van der Waals surface area contributed by atoms with Crippen molar-refractivity contribution in [1.82, 2.24) is 28.9 Å². The SMILES string of the molecule is O=c1c([N+](=O)[O-])c(-c2cnn(-c3ccccc3)c2)n(Cc2ccncc2)c(=O)n1Cc1ccncc1. The summed E-state index contributed by atoms with van der Waals surface area (Å²) >= 11 is 0. The first-order chi connectivity index (χ1) is 17.5. The van der Waals surface area contributed by atoms with Crippen molar-refractivity contribution in [1.29, 1.82) is 0 Å². The fourth-order valence-electron chi connectivity index (χ4n) is 3.94. The minimum atomic E-state index is -0.991. The molecule has 36 heavy (non-hydrogen) atoms. The zero-order valence-electron chi connectivity index (χ0n) is 18.8. The number of pyridine rings is 2. The second-order valence-corrected chi connectivity index (χ2v) is 7.93. The molecule has 5 aromatic rings. The smallest absolute Gasteiger partial charge is 0.282 e. The van der Waals surface area contributed by atoms with E-state index in [1.54, 1.807) is 42.9 Å². The average molecular weight is 481 g/mol. The first kappa shape index (κ1) is 22.6. The third kappa shape index (κ3) is 4.32. The quantitative estimate of drug-likeness (QED) is 0.258. The van der Waals surface area contributed by atoms with Crippen LogP contribution in [0.3, 0.4) is 0 Å². The normalized spacial score (nSPS) is 10.9. The summed E-state index contributed by atoms with van der Waals surface area (Å²) in [5.74, 6) is 0. The highest BCUT2D eigenvalue weighted by Crippen LogP contribution is 2.27. The molecule has 0 bridgehead atoms. The molecule has 0 atom stereocenters. The molecule has 0 N–H and O–H groups in total. The first-order valence-corrected chi connectivity index (χ1v) is 10.9. The minimum Gasteiger partial charge on any atom is -0.282 e. The molecule has 0 aliphatic rings. The van der Waals surface area contributed by atoms with Crippen LogP contribution >= 0.6 is 0 Å². The van der Waals surface area contributed by atoms with Crippen LogP contribution in [-0.4, -0.2) is 33.8 Å². The Labute approximate surface area is 203 Å². The Hall–Kier alpha value is -5.19. The summed E-state index contributed by atoms with van der Waals surface area (Å²) in [4.78, 5) is 46.5. The van der Waals surface area contributed by atoms with Gasteiger partial charge in [0.05, 0.1) is 29.9 Å². The Bertz CT molecular complexity index is 1640. The van der Waals surface area contributed by atoms with Crippen molar-refractivity contribution in [2.75, 3.05) is 0 Å². The van der Waals surface area contributed by atoms with E-state index < -0.39 is 21.9 Å². The molecule has 0 spiro atoms. The van der Waals surface area contributed by atoms with Gasteiger partial charge in [-0.3, -0.25) is 29.4 Å². The zero-order chi connectivity index (χ0) is 25.1. The molecule has 1 aromatic carbocycles. The maximum Gasteiger partial charge on any atom is 0.358 e. The van der Waals surface area contributed by atoms with Gasteiger partial charge in [-0.15, -0.1) is 0 Å². The van der Waals surface area contributed by atoms with Gasteiger partial charge >= 0.3 is 16.9 Å². The summed E-state index contributed by atoms with van der Waals surface area (Å²) < 4.78 is 3.64. The number of hydrogen-bond donors (Lipinski definition) is 0. The Morgan fingerprint density at radius 2 is 1.39 bits per heavy atom. The van der Waals surface area contributed by atoms with Gasteiger partial charge in [0.2, 0.25) is 0 Å². The van der Waals surface area contributed by atoms with Gasteiger partial charge in [-0.05, 0) is 47.5 Å². The fraction of sp³-hybridized carbons (Fsp3) is 0.0800. The minimum absolute atomic E-state index is 0.00926. The number of nitro groups is 1. The summed E-state index contributed by atoms with van der Waals surface area (Å²) in [5.41, 5.74) is -0.196. The highest BCUT2D eigenvalue weighted by Gasteiger charge is 2.30. The largest absolute Gasteiger partial charge is 0.358 e. The standard InChI is InChI=1S/C25H19N7O4/c33-24-23(32(35)36)22(20-14-28-31(17-20)21-4-2-1-3-5-21)29(15-18-6-10-26-11-7-18)25(34)30(24)16-19-8-12-27-13-9-19/h1-14,17H,15-16H2. The number of rotatable bonds is 7. The van der Waals surface area contributed by atoms with Crippen LogP contribution in [-0.2, 0) is 13.1 Å². The average Bonchev–Trinajstić information content (AvgIpc) is 3.39. The number of aromatic nitrogens is 6. The molecule has 0 aliphatic carbocycles. The molecule has 0 saturated carbocycles. The van der Waals surface area contributed by atoms with Crippen molar-refractivity contribution in [2.45, 2.75) is 13.1 Å². The Morgan fingerprint density at radius 3 is 1.97 bits per heavy atom. The van der Waals surface area contributed by atoms with Crippen LogP contribution in [0.25, 0.3) is 16.9 Å². The molecule has 0 fully saturated rings. The van der Waals surface area contributed by atoms with E-state index in [4.69, 9.17) is 0 Å². The van der Waals surface area contributed by atoms with Crippen LogP contribution in [0.5, 0.6) is 0 Å². The predicted molar refractivity (Wildman–Crippen MR) is 131 cm³/mol. The van der Waals surface area contributed by atoms with Gasteiger partial charge in [-0.1, -0.05) is 18.2 Å². The predicted octanol–water partition coefficient (Wildman–Crippen LogP) is 2.66. The maximum absolute atomic E-state index is 13.7. The van der Waals surface area contributed by atoms with Gasteiger partial charge in [0.15, 0.2) is 0 Å². The lowest BCUT2D eigenvalue weighted by molar-refractivity contribution is -0.386. The van der Waals surface area contributed by atoms with E-state index in [1.165, 1.54) is 27.8 Å². The lowest BCUT2D eigenvalue weighted by Crippen LogP contribution is -2.42. The molecule has 0 amide bonds. The molecule has 178 valence electrons. The van der Waals surface area contributed by atoms with Gasteiger partial charge in [-0.2, -0.15) is 5.10 Å². The maximum atomic E-state index is 13.7. The van der Waals surface area contributed by atoms with E-state index in [9.17, 15) is 19.7 Å². The van der Waals surface area contributed by atoms with E-state index in [-0.39, 0.29) is 24.3 Å². The molecule has 0 aliphatic heterocycles. The Balaban J connectivity index is 1.76. The van der Waals surface area contributed by atoms with Crippen molar-refractivity contribution < 1.29 is 4.92 Å². The van der Waals surface area contributed by atoms with Crippen molar-refractivity contribution in [2.24, 2.45) is 0 Å². The van der Waals surface area contributed by atoms with E-state index in [0.29, 0.717) is 11.1 Å².